The molecule has 0 unspecified atom stereocenters. The molecule has 0 amide bonds. The van der Waals surface area contributed by atoms with Gasteiger partial charge in [0.05, 0.1) is 10.7 Å². The van der Waals surface area contributed by atoms with Crippen LogP contribution in [0.15, 0.2) is 23.8 Å². The highest BCUT2D eigenvalue weighted by Gasteiger charge is 2.12. The molecule has 0 fully saturated rings. The van der Waals surface area contributed by atoms with Crippen LogP contribution in [0.1, 0.15) is 25.3 Å². The molecule has 2 aromatic heterocycles. The maximum atomic E-state index is 5.96. The minimum atomic E-state index is -0.111. The third kappa shape index (κ3) is 2.93. The fourth-order valence-electron chi connectivity index (χ4n) is 1.47. The monoisotopic (exact) mass is 235 g/mol. The van der Waals surface area contributed by atoms with Crippen molar-refractivity contribution in [3.8, 4) is 11.3 Å². The van der Waals surface area contributed by atoms with Crippen LogP contribution in [0.5, 0.6) is 0 Å². The van der Waals surface area contributed by atoms with Crippen molar-refractivity contribution in [1.82, 2.24) is 9.97 Å². The average Bonchev–Trinajstić information content (AvgIpc) is 2.84. The van der Waals surface area contributed by atoms with Crippen molar-refractivity contribution < 1.29 is 0 Å². The fourth-order valence-corrected chi connectivity index (χ4v) is 2.28. The molecular formula is C12H17N3S. The highest BCUT2D eigenvalue weighted by Crippen LogP contribution is 2.22. The highest BCUT2D eigenvalue weighted by atomic mass is 32.1. The van der Waals surface area contributed by atoms with Crippen LogP contribution in [-0.2, 0) is 6.42 Å². The van der Waals surface area contributed by atoms with E-state index in [1.807, 2.05) is 32.3 Å². The normalized spacial score (nSPS) is 11.9. The first kappa shape index (κ1) is 11.4. The number of thiazole rings is 1. The highest BCUT2D eigenvalue weighted by molar-refractivity contribution is 7.09. The van der Waals surface area contributed by atoms with Gasteiger partial charge in [-0.1, -0.05) is 0 Å². The van der Waals surface area contributed by atoms with E-state index in [9.17, 15) is 0 Å². The zero-order valence-corrected chi connectivity index (χ0v) is 10.5. The third-order valence-electron chi connectivity index (χ3n) is 2.43. The van der Waals surface area contributed by atoms with Gasteiger partial charge in [0.25, 0.3) is 0 Å². The van der Waals surface area contributed by atoms with Crippen molar-refractivity contribution in [2.45, 2.75) is 32.2 Å². The lowest BCUT2D eigenvalue weighted by molar-refractivity contribution is 0.476. The van der Waals surface area contributed by atoms with E-state index in [1.165, 1.54) is 0 Å². The summed E-state index contributed by atoms with van der Waals surface area (Å²) in [6.45, 7) is 4.10. The Labute approximate surface area is 99.7 Å². The molecule has 16 heavy (non-hydrogen) atoms. The van der Waals surface area contributed by atoms with Crippen molar-refractivity contribution in [2.24, 2.45) is 5.73 Å². The van der Waals surface area contributed by atoms with E-state index in [0.29, 0.717) is 0 Å². The first-order valence-corrected chi connectivity index (χ1v) is 6.29. The Hall–Kier alpha value is -1.13. The van der Waals surface area contributed by atoms with E-state index in [-0.39, 0.29) is 5.54 Å². The molecule has 3 N–H and O–H groups in total. The van der Waals surface area contributed by atoms with Gasteiger partial charge in [0.1, 0.15) is 0 Å². The van der Waals surface area contributed by atoms with Crippen molar-refractivity contribution in [2.75, 3.05) is 0 Å². The molecule has 0 radical (unpaired) electrons. The minimum Gasteiger partial charge on any atom is -0.367 e. The molecule has 0 aliphatic heterocycles. The summed E-state index contributed by atoms with van der Waals surface area (Å²) in [5.74, 6) is 0. The van der Waals surface area contributed by atoms with Crippen molar-refractivity contribution in [3.05, 3.63) is 28.8 Å². The largest absolute Gasteiger partial charge is 0.367 e. The lowest BCUT2D eigenvalue weighted by atomic mass is 10.0. The second-order valence-electron chi connectivity index (χ2n) is 4.71. The van der Waals surface area contributed by atoms with Gasteiger partial charge in [-0.25, -0.2) is 4.98 Å². The standard InChI is InChI=1S/C12H17N3S/c1-12(2,13)5-3-11-15-10(8-16-11)9-4-6-14-7-9/h4,6-8,14H,3,5,13H2,1-2H3. The van der Waals surface area contributed by atoms with Gasteiger partial charge in [-0.2, -0.15) is 0 Å². The summed E-state index contributed by atoms with van der Waals surface area (Å²) in [5.41, 5.74) is 8.04. The summed E-state index contributed by atoms with van der Waals surface area (Å²) >= 11 is 1.71. The number of hydrogen-bond donors (Lipinski definition) is 2. The number of nitrogens with two attached hydrogens (primary N) is 1. The summed E-state index contributed by atoms with van der Waals surface area (Å²) in [4.78, 5) is 7.64. The smallest absolute Gasteiger partial charge is 0.0933 e. The molecule has 0 aliphatic rings. The fraction of sp³-hybridized carbons (Fsp3) is 0.417. The van der Waals surface area contributed by atoms with Crippen LogP contribution in [-0.4, -0.2) is 15.5 Å². The Balaban J connectivity index is 2.03. The van der Waals surface area contributed by atoms with Crippen molar-refractivity contribution in [3.63, 3.8) is 0 Å². The second kappa shape index (κ2) is 4.39. The number of nitrogens with zero attached hydrogens (tertiary/aromatic N) is 1. The molecule has 4 heteroatoms. The Morgan fingerprint density at radius 3 is 2.94 bits per heavy atom. The van der Waals surface area contributed by atoms with Gasteiger partial charge in [0.2, 0.25) is 0 Å². The summed E-state index contributed by atoms with van der Waals surface area (Å²) in [6.07, 6.45) is 5.80. The van der Waals surface area contributed by atoms with E-state index in [4.69, 9.17) is 5.73 Å². The summed E-state index contributed by atoms with van der Waals surface area (Å²) in [7, 11) is 0. The van der Waals surface area contributed by atoms with Crippen LogP contribution in [0, 0.1) is 0 Å². The molecule has 0 spiro atoms. The van der Waals surface area contributed by atoms with E-state index in [0.717, 1.165) is 29.1 Å². The molecule has 86 valence electrons. The van der Waals surface area contributed by atoms with E-state index >= 15 is 0 Å². The molecule has 2 heterocycles. The summed E-state index contributed by atoms with van der Waals surface area (Å²) in [6, 6.07) is 2.03. The van der Waals surface area contributed by atoms with Gasteiger partial charge < -0.3 is 10.7 Å². The molecule has 0 atom stereocenters. The average molecular weight is 235 g/mol. The van der Waals surface area contributed by atoms with Crippen LogP contribution in [0.4, 0.5) is 0 Å². The number of aromatic amines is 1. The predicted molar refractivity (Wildman–Crippen MR) is 68.5 cm³/mol. The van der Waals surface area contributed by atoms with Crippen LogP contribution in [0.3, 0.4) is 0 Å². The topological polar surface area (TPSA) is 54.7 Å². The van der Waals surface area contributed by atoms with Gasteiger partial charge in [0, 0.05) is 35.3 Å². The molecular weight excluding hydrogens is 218 g/mol. The van der Waals surface area contributed by atoms with Crippen molar-refractivity contribution in [1.29, 1.82) is 0 Å². The molecule has 2 aromatic rings. The first-order chi connectivity index (χ1) is 7.54. The van der Waals surface area contributed by atoms with Gasteiger partial charge in [-0.15, -0.1) is 11.3 Å². The van der Waals surface area contributed by atoms with E-state index in [1.54, 1.807) is 11.3 Å². The minimum absolute atomic E-state index is 0.111. The molecule has 0 saturated heterocycles. The van der Waals surface area contributed by atoms with Crippen molar-refractivity contribution >= 4 is 11.3 Å². The zero-order valence-electron chi connectivity index (χ0n) is 9.66. The van der Waals surface area contributed by atoms with E-state index < -0.39 is 0 Å². The Morgan fingerprint density at radius 1 is 1.50 bits per heavy atom. The molecule has 0 aliphatic carbocycles. The van der Waals surface area contributed by atoms with Crippen LogP contribution in [0.25, 0.3) is 11.3 Å². The number of H-pyrrole nitrogens is 1. The molecule has 0 aromatic carbocycles. The van der Waals surface area contributed by atoms with Crippen LogP contribution >= 0.6 is 11.3 Å². The third-order valence-corrected chi connectivity index (χ3v) is 3.34. The number of rotatable bonds is 4. The SMILES string of the molecule is CC(C)(N)CCc1nc(-c2cc[nH]c2)cs1. The number of nitrogens with one attached hydrogen (secondary N) is 1. The lowest BCUT2D eigenvalue weighted by Crippen LogP contribution is -2.32. The van der Waals surface area contributed by atoms with Gasteiger partial charge in [0.15, 0.2) is 0 Å². The first-order valence-electron chi connectivity index (χ1n) is 5.41. The maximum Gasteiger partial charge on any atom is 0.0933 e. The number of hydrogen-bond acceptors (Lipinski definition) is 3. The number of aromatic nitrogens is 2. The maximum absolute atomic E-state index is 5.96. The quantitative estimate of drug-likeness (QED) is 0.856. The second-order valence-corrected chi connectivity index (χ2v) is 5.66. The predicted octanol–water partition coefficient (Wildman–Crippen LogP) is 2.81. The Kier molecular flexibility index (Phi) is 3.12. The summed E-state index contributed by atoms with van der Waals surface area (Å²) in [5, 5.41) is 3.26. The molecule has 0 bridgehead atoms. The Bertz CT molecular complexity index is 437. The molecule has 0 saturated carbocycles. The van der Waals surface area contributed by atoms with Crippen LogP contribution < -0.4 is 5.73 Å². The van der Waals surface area contributed by atoms with Crippen LogP contribution in [0.2, 0.25) is 0 Å². The van der Waals surface area contributed by atoms with Gasteiger partial charge >= 0.3 is 0 Å². The van der Waals surface area contributed by atoms with Gasteiger partial charge in [-0.3, -0.25) is 0 Å². The summed E-state index contributed by atoms with van der Waals surface area (Å²) < 4.78 is 0. The lowest BCUT2D eigenvalue weighted by Gasteiger charge is -2.16. The van der Waals surface area contributed by atoms with Gasteiger partial charge in [-0.05, 0) is 26.3 Å². The molecule has 3 nitrogen and oxygen atoms in total. The molecule has 2 rings (SSSR count). The van der Waals surface area contributed by atoms with E-state index in [2.05, 4.69) is 15.3 Å². The Morgan fingerprint density at radius 2 is 2.31 bits per heavy atom. The zero-order chi connectivity index (χ0) is 11.6. The number of aryl methyl sites for hydroxylation is 1.